The van der Waals surface area contributed by atoms with Gasteiger partial charge in [-0.05, 0) is 55.2 Å². The van der Waals surface area contributed by atoms with Gasteiger partial charge in [0.2, 0.25) is 0 Å². The van der Waals surface area contributed by atoms with Crippen LogP contribution in [0.25, 0.3) is 11.3 Å². The standard InChI is InChI=1S/C25H29N3O4/c1-6-7-10-28-24(16-8-9-18(31-4)19(13-16)32-5)21-22(26-27-23(21)25(28)30)20-15(3)11-14(2)12-17(20)29/h8-9,11-13,24,29H,6-7,10H2,1-5H3,(H,26,27). The van der Waals surface area contributed by atoms with Gasteiger partial charge >= 0.3 is 0 Å². The predicted octanol–water partition coefficient (Wildman–Crippen LogP) is 4.76. The van der Waals surface area contributed by atoms with Gasteiger partial charge in [-0.1, -0.05) is 25.5 Å². The van der Waals surface area contributed by atoms with Crippen LogP contribution < -0.4 is 9.47 Å². The number of methoxy groups -OCH3 is 2. The SMILES string of the molecule is CCCCN1C(=O)c2[nH]nc(-c3c(C)cc(C)cc3O)c2C1c1ccc(OC)c(OC)c1. The van der Waals surface area contributed by atoms with Crippen molar-refractivity contribution in [1.82, 2.24) is 15.1 Å². The second kappa shape index (κ2) is 8.57. The van der Waals surface area contributed by atoms with E-state index in [1.165, 1.54) is 0 Å². The lowest BCUT2D eigenvalue weighted by atomic mass is 9.93. The van der Waals surface area contributed by atoms with Crippen LogP contribution in [0.15, 0.2) is 30.3 Å². The van der Waals surface area contributed by atoms with Crippen molar-refractivity contribution in [2.45, 2.75) is 39.7 Å². The zero-order chi connectivity index (χ0) is 23.0. The largest absolute Gasteiger partial charge is 0.507 e. The number of hydrogen-bond donors (Lipinski definition) is 2. The van der Waals surface area contributed by atoms with E-state index >= 15 is 0 Å². The fourth-order valence-electron chi connectivity index (χ4n) is 4.57. The Kier molecular flexibility index (Phi) is 5.82. The maximum atomic E-state index is 13.4. The van der Waals surface area contributed by atoms with Gasteiger partial charge in [0.05, 0.1) is 20.3 Å². The van der Waals surface area contributed by atoms with E-state index in [1.807, 2.05) is 43.0 Å². The van der Waals surface area contributed by atoms with Crippen LogP contribution in [0.1, 0.15) is 58.5 Å². The molecule has 0 spiro atoms. The first kappa shape index (κ1) is 21.7. The Bertz CT molecular complexity index is 1140. The van der Waals surface area contributed by atoms with Gasteiger partial charge in [0, 0.05) is 17.7 Å². The zero-order valence-electron chi connectivity index (χ0n) is 19.2. The molecule has 0 saturated heterocycles. The number of rotatable bonds is 7. The molecule has 3 aromatic rings. The number of benzene rings is 2. The summed E-state index contributed by atoms with van der Waals surface area (Å²) >= 11 is 0. The Morgan fingerprint density at radius 3 is 2.53 bits per heavy atom. The number of phenols is 1. The minimum Gasteiger partial charge on any atom is -0.507 e. The molecule has 1 unspecified atom stereocenters. The van der Waals surface area contributed by atoms with Crippen molar-refractivity contribution < 1.29 is 19.4 Å². The number of amides is 1. The van der Waals surface area contributed by atoms with Crippen LogP contribution in [-0.4, -0.2) is 46.9 Å². The smallest absolute Gasteiger partial charge is 0.273 e. The third-order valence-electron chi connectivity index (χ3n) is 6.04. The van der Waals surface area contributed by atoms with Crippen molar-refractivity contribution in [3.8, 4) is 28.5 Å². The molecule has 2 aromatic carbocycles. The van der Waals surface area contributed by atoms with Crippen LogP contribution >= 0.6 is 0 Å². The molecule has 2 heterocycles. The summed E-state index contributed by atoms with van der Waals surface area (Å²) in [5, 5.41) is 18.2. The molecule has 1 aliphatic rings. The van der Waals surface area contributed by atoms with E-state index in [0.29, 0.717) is 35.0 Å². The van der Waals surface area contributed by atoms with Gasteiger partial charge in [0.25, 0.3) is 5.91 Å². The quantitative estimate of drug-likeness (QED) is 0.559. The number of aromatic hydroxyl groups is 1. The first-order valence-corrected chi connectivity index (χ1v) is 10.8. The van der Waals surface area contributed by atoms with Gasteiger partial charge in [-0.15, -0.1) is 0 Å². The fraction of sp³-hybridized carbons (Fsp3) is 0.360. The van der Waals surface area contributed by atoms with Gasteiger partial charge in [-0.2, -0.15) is 5.10 Å². The molecule has 32 heavy (non-hydrogen) atoms. The predicted molar refractivity (Wildman–Crippen MR) is 122 cm³/mol. The number of carbonyl (C=O) groups excluding carboxylic acids is 1. The average molecular weight is 436 g/mol. The van der Waals surface area contributed by atoms with Crippen LogP contribution in [0.2, 0.25) is 0 Å². The van der Waals surface area contributed by atoms with Crippen molar-refractivity contribution in [2.75, 3.05) is 20.8 Å². The lowest BCUT2D eigenvalue weighted by Crippen LogP contribution is -2.30. The summed E-state index contributed by atoms with van der Waals surface area (Å²) in [6.45, 7) is 6.61. The maximum Gasteiger partial charge on any atom is 0.273 e. The Hall–Kier alpha value is -3.48. The minimum atomic E-state index is -0.349. The number of aromatic nitrogens is 2. The lowest BCUT2D eigenvalue weighted by molar-refractivity contribution is 0.0741. The van der Waals surface area contributed by atoms with E-state index in [0.717, 1.165) is 35.1 Å². The molecule has 1 amide bonds. The summed E-state index contributed by atoms with van der Waals surface area (Å²) in [6, 6.07) is 9.09. The Morgan fingerprint density at radius 1 is 1.12 bits per heavy atom. The summed E-state index contributed by atoms with van der Waals surface area (Å²) in [7, 11) is 3.19. The van der Waals surface area contributed by atoms with E-state index in [2.05, 4.69) is 17.1 Å². The van der Waals surface area contributed by atoms with Gasteiger partial charge < -0.3 is 19.5 Å². The number of aryl methyl sites for hydroxylation is 2. The van der Waals surface area contributed by atoms with Crippen LogP contribution in [-0.2, 0) is 0 Å². The molecule has 7 heteroatoms. The Labute approximate surface area is 188 Å². The molecule has 0 fully saturated rings. The maximum absolute atomic E-state index is 13.4. The van der Waals surface area contributed by atoms with E-state index < -0.39 is 0 Å². The second-order valence-electron chi connectivity index (χ2n) is 8.21. The highest BCUT2D eigenvalue weighted by molar-refractivity contribution is 6.00. The number of aromatic amines is 1. The van der Waals surface area contributed by atoms with Crippen molar-refractivity contribution in [3.05, 3.63) is 58.3 Å². The monoisotopic (exact) mass is 435 g/mol. The van der Waals surface area contributed by atoms with Crippen LogP contribution in [0.4, 0.5) is 0 Å². The number of ether oxygens (including phenoxy) is 2. The van der Waals surface area contributed by atoms with Crippen molar-refractivity contribution in [2.24, 2.45) is 0 Å². The first-order valence-electron chi connectivity index (χ1n) is 10.8. The third-order valence-corrected chi connectivity index (χ3v) is 6.04. The molecule has 1 aliphatic heterocycles. The number of nitrogens with one attached hydrogen (secondary N) is 1. The minimum absolute atomic E-state index is 0.0868. The molecule has 0 radical (unpaired) electrons. The van der Waals surface area contributed by atoms with E-state index in [-0.39, 0.29) is 17.7 Å². The normalized spacial score (nSPS) is 15.2. The summed E-state index contributed by atoms with van der Waals surface area (Å²) in [5.41, 5.74) is 5.26. The summed E-state index contributed by atoms with van der Waals surface area (Å²) in [4.78, 5) is 15.2. The van der Waals surface area contributed by atoms with Gasteiger partial charge in [0.1, 0.15) is 17.1 Å². The number of phenolic OH excluding ortho intramolecular Hbond substituents is 1. The third kappa shape index (κ3) is 3.47. The Morgan fingerprint density at radius 2 is 1.88 bits per heavy atom. The highest BCUT2D eigenvalue weighted by Gasteiger charge is 2.42. The first-order chi connectivity index (χ1) is 15.4. The number of unbranched alkanes of at least 4 members (excludes halogenated alkanes) is 1. The molecule has 7 nitrogen and oxygen atoms in total. The Balaban J connectivity index is 1.92. The average Bonchev–Trinajstić information content (AvgIpc) is 3.30. The molecule has 1 atom stereocenters. The number of fused-ring (bicyclic) bond motifs is 1. The fourth-order valence-corrected chi connectivity index (χ4v) is 4.57. The van der Waals surface area contributed by atoms with Crippen LogP contribution in [0, 0.1) is 13.8 Å². The number of H-pyrrole nitrogens is 1. The van der Waals surface area contributed by atoms with Crippen molar-refractivity contribution in [1.29, 1.82) is 0 Å². The van der Waals surface area contributed by atoms with Crippen molar-refractivity contribution >= 4 is 5.91 Å². The second-order valence-corrected chi connectivity index (χ2v) is 8.21. The van der Waals surface area contributed by atoms with E-state index in [1.54, 1.807) is 20.3 Å². The van der Waals surface area contributed by atoms with Gasteiger partial charge in [0.15, 0.2) is 11.5 Å². The lowest BCUT2D eigenvalue weighted by Gasteiger charge is -2.27. The van der Waals surface area contributed by atoms with Crippen LogP contribution in [0.5, 0.6) is 17.2 Å². The zero-order valence-corrected chi connectivity index (χ0v) is 19.2. The molecule has 4 rings (SSSR count). The van der Waals surface area contributed by atoms with Crippen LogP contribution in [0.3, 0.4) is 0 Å². The van der Waals surface area contributed by atoms with E-state index in [9.17, 15) is 9.90 Å². The van der Waals surface area contributed by atoms with E-state index in [4.69, 9.17) is 9.47 Å². The summed E-state index contributed by atoms with van der Waals surface area (Å²) in [6.07, 6.45) is 1.86. The summed E-state index contributed by atoms with van der Waals surface area (Å²) < 4.78 is 10.9. The summed E-state index contributed by atoms with van der Waals surface area (Å²) in [5.74, 6) is 1.29. The van der Waals surface area contributed by atoms with Gasteiger partial charge in [-0.3, -0.25) is 9.89 Å². The molecule has 0 aliphatic carbocycles. The number of carbonyl (C=O) groups is 1. The highest BCUT2D eigenvalue weighted by atomic mass is 16.5. The topological polar surface area (TPSA) is 87.7 Å². The molecular formula is C25H29N3O4. The molecular weight excluding hydrogens is 406 g/mol. The van der Waals surface area contributed by atoms with Crippen molar-refractivity contribution in [3.63, 3.8) is 0 Å². The number of nitrogens with zero attached hydrogens (tertiary/aromatic N) is 2. The van der Waals surface area contributed by atoms with Gasteiger partial charge in [-0.25, -0.2) is 0 Å². The molecule has 0 saturated carbocycles. The molecule has 2 N–H and O–H groups in total. The highest BCUT2D eigenvalue weighted by Crippen LogP contribution is 2.46. The molecule has 1 aromatic heterocycles. The molecule has 168 valence electrons. The number of hydrogen-bond acceptors (Lipinski definition) is 5. The molecule has 0 bridgehead atoms.